The number of carbonyl (C=O) groups is 1. The van der Waals surface area contributed by atoms with Crippen LogP contribution in [-0.4, -0.2) is 30.7 Å². The smallest absolute Gasteiger partial charge is 0.496 e. The molecule has 0 bridgehead atoms. The average molecular weight is 290 g/mol. The molecule has 0 saturated carbocycles. The lowest BCUT2D eigenvalue weighted by Gasteiger charge is -2.27. The summed E-state index contributed by atoms with van der Waals surface area (Å²) in [4.78, 5) is 10.5. The Bertz CT molecular complexity index is 565. The molecule has 0 amide bonds. The third-order valence-electron chi connectivity index (χ3n) is 2.54. The van der Waals surface area contributed by atoms with Gasteiger partial charge in [0.25, 0.3) is 6.10 Å². The highest BCUT2D eigenvalue weighted by Crippen LogP contribution is 2.40. The molecule has 0 fully saturated rings. The van der Waals surface area contributed by atoms with E-state index in [1.54, 1.807) is 0 Å². The van der Waals surface area contributed by atoms with Crippen molar-refractivity contribution in [1.29, 1.82) is 0 Å². The maximum Gasteiger partial charge on any atom is 0.511 e. The van der Waals surface area contributed by atoms with Gasteiger partial charge in [-0.05, 0) is 18.2 Å². The number of alkyl halides is 3. The van der Waals surface area contributed by atoms with Crippen molar-refractivity contribution in [1.82, 2.24) is 0 Å². The van der Waals surface area contributed by atoms with Crippen LogP contribution >= 0.6 is 0 Å². The Balaban J connectivity index is 2.51. The summed E-state index contributed by atoms with van der Waals surface area (Å²) >= 11 is 0. The van der Waals surface area contributed by atoms with Crippen LogP contribution in [0.15, 0.2) is 24.0 Å². The Morgan fingerprint density at radius 3 is 2.65 bits per heavy atom. The maximum absolute atomic E-state index is 12.8. The molecule has 0 radical (unpaired) electrons. The zero-order valence-electron chi connectivity index (χ0n) is 10.1. The van der Waals surface area contributed by atoms with Crippen LogP contribution in [-0.2, 0) is 4.74 Å². The predicted octanol–water partition coefficient (Wildman–Crippen LogP) is 3.05. The van der Waals surface area contributed by atoms with E-state index in [0.717, 1.165) is 6.08 Å². The Kier molecular flexibility index (Phi) is 3.47. The number of ether oxygens (including phenoxy) is 3. The first kappa shape index (κ1) is 14.0. The molecular formula is C12H9F3O5. The first-order valence-electron chi connectivity index (χ1n) is 5.35. The Morgan fingerprint density at radius 2 is 2.10 bits per heavy atom. The third kappa shape index (κ3) is 2.63. The minimum Gasteiger partial charge on any atom is -0.496 e. The predicted molar refractivity (Wildman–Crippen MR) is 60.6 cm³/mol. The molecule has 1 aliphatic heterocycles. The van der Waals surface area contributed by atoms with Crippen LogP contribution in [0.25, 0.3) is 6.08 Å². The molecule has 0 aromatic heterocycles. The zero-order chi connectivity index (χ0) is 14.9. The number of fused-ring (bicyclic) bond motifs is 1. The van der Waals surface area contributed by atoms with Crippen molar-refractivity contribution >= 4 is 12.2 Å². The summed E-state index contributed by atoms with van der Waals surface area (Å²) in [7, 11) is 1.33. The first-order chi connectivity index (χ1) is 9.32. The van der Waals surface area contributed by atoms with E-state index in [0.29, 0.717) is 0 Å². The molecule has 0 aliphatic carbocycles. The van der Waals surface area contributed by atoms with E-state index in [2.05, 4.69) is 4.74 Å². The number of rotatable bonds is 2. The summed E-state index contributed by atoms with van der Waals surface area (Å²) in [5, 5.41) is 8.51. The topological polar surface area (TPSA) is 65.0 Å². The van der Waals surface area contributed by atoms with Crippen molar-refractivity contribution in [2.75, 3.05) is 7.11 Å². The summed E-state index contributed by atoms with van der Waals surface area (Å²) in [6, 6.07) is 4.29. The molecule has 1 aliphatic rings. The van der Waals surface area contributed by atoms with Gasteiger partial charge in [-0.3, -0.25) is 0 Å². The molecule has 1 aromatic rings. The molecule has 1 heterocycles. The molecule has 108 valence electrons. The van der Waals surface area contributed by atoms with Crippen LogP contribution in [0.1, 0.15) is 5.56 Å². The van der Waals surface area contributed by atoms with Gasteiger partial charge in [-0.25, -0.2) is 4.79 Å². The van der Waals surface area contributed by atoms with E-state index in [1.807, 2.05) is 0 Å². The van der Waals surface area contributed by atoms with Gasteiger partial charge in [-0.15, -0.1) is 0 Å². The molecule has 0 spiro atoms. The number of hydrogen-bond acceptors (Lipinski definition) is 4. The van der Waals surface area contributed by atoms with Gasteiger partial charge in [0.1, 0.15) is 11.5 Å². The van der Waals surface area contributed by atoms with Crippen molar-refractivity contribution in [3.8, 4) is 11.5 Å². The van der Waals surface area contributed by atoms with Gasteiger partial charge in [0.05, 0.1) is 12.7 Å². The number of halogens is 3. The second kappa shape index (κ2) is 4.95. The summed E-state index contributed by atoms with van der Waals surface area (Å²) in [5.74, 6) is -0.680. The van der Waals surface area contributed by atoms with Crippen molar-refractivity contribution < 1.29 is 37.3 Å². The number of methoxy groups -OCH3 is 1. The minimum atomic E-state index is -4.80. The summed E-state index contributed by atoms with van der Waals surface area (Å²) in [6.07, 6.45) is -8.18. The van der Waals surface area contributed by atoms with E-state index < -0.39 is 24.2 Å². The largest absolute Gasteiger partial charge is 0.511 e. The van der Waals surface area contributed by atoms with Gasteiger partial charge in [0.2, 0.25) is 0 Å². The normalized spacial score (nSPS) is 17.6. The highest BCUT2D eigenvalue weighted by Gasteiger charge is 2.48. The monoisotopic (exact) mass is 290 g/mol. The average Bonchev–Trinajstić information content (AvgIpc) is 2.35. The van der Waals surface area contributed by atoms with E-state index in [9.17, 15) is 18.0 Å². The molecule has 1 atom stereocenters. The van der Waals surface area contributed by atoms with Crippen molar-refractivity contribution in [3.05, 3.63) is 29.5 Å². The second-order valence-corrected chi connectivity index (χ2v) is 3.83. The molecule has 1 unspecified atom stereocenters. The molecule has 0 saturated heterocycles. The van der Waals surface area contributed by atoms with Crippen LogP contribution in [0.5, 0.6) is 11.5 Å². The standard InChI is InChI=1S/C12H9F3O5/c1-18-7-3-2-4-8-6(7)5-9(20-11(16)17)10(19-8)12(13,14)15/h2-5,10H,1H3,(H,16,17). The van der Waals surface area contributed by atoms with Crippen LogP contribution in [0.4, 0.5) is 18.0 Å². The molecule has 20 heavy (non-hydrogen) atoms. The van der Waals surface area contributed by atoms with Gasteiger partial charge in [-0.1, -0.05) is 6.07 Å². The Hall–Kier alpha value is -2.38. The van der Waals surface area contributed by atoms with Crippen LogP contribution in [0, 0.1) is 0 Å². The number of benzene rings is 1. The SMILES string of the molecule is COc1cccc2c1C=C(OC(=O)O)C(C(F)(F)F)O2. The molecule has 1 aromatic carbocycles. The summed E-state index contributed by atoms with van der Waals surface area (Å²) in [5.41, 5.74) is 0.187. The van der Waals surface area contributed by atoms with Crippen LogP contribution in [0.2, 0.25) is 0 Å². The lowest BCUT2D eigenvalue weighted by molar-refractivity contribution is -0.191. The van der Waals surface area contributed by atoms with Gasteiger partial charge in [-0.2, -0.15) is 13.2 Å². The van der Waals surface area contributed by atoms with Crippen LogP contribution in [0.3, 0.4) is 0 Å². The number of carboxylic acid groups (broad SMARTS) is 1. The fourth-order valence-electron chi connectivity index (χ4n) is 1.76. The van der Waals surface area contributed by atoms with Crippen LogP contribution < -0.4 is 9.47 Å². The van der Waals surface area contributed by atoms with Crippen molar-refractivity contribution in [2.45, 2.75) is 12.3 Å². The third-order valence-corrected chi connectivity index (χ3v) is 2.54. The number of hydrogen-bond donors (Lipinski definition) is 1. The van der Waals surface area contributed by atoms with Gasteiger partial charge < -0.3 is 19.3 Å². The maximum atomic E-state index is 12.8. The minimum absolute atomic E-state index is 0.0654. The second-order valence-electron chi connectivity index (χ2n) is 3.83. The summed E-state index contributed by atoms with van der Waals surface area (Å²) < 4.78 is 52.5. The molecule has 8 heteroatoms. The van der Waals surface area contributed by atoms with E-state index >= 15 is 0 Å². The van der Waals surface area contributed by atoms with E-state index in [-0.39, 0.29) is 17.1 Å². The van der Waals surface area contributed by atoms with Gasteiger partial charge >= 0.3 is 12.3 Å². The first-order valence-corrected chi connectivity index (χ1v) is 5.35. The highest BCUT2D eigenvalue weighted by molar-refractivity contribution is 5.70. The highest BCUT2D eigenvalue weighted by atomic mass is 19.4. The fourth-order valence-corrected chi connectivity index (χ4v) is 1.76. The quantitative estimate of drug-likeness (QED) is 0.848. The van der Waals surface area contributed by atoms with Crippen molar-refractivity contribution in [2.24, 2.45) is 0 Å². The molecule has 2 rings (SSSR count). The van der Waals surface area contributed by atoms with Gasteiger partial charge in [0, 0.05) is 0 Å². The van der Waals surface area contributed by atoms with E-state index in [1.165, 1.54) is 25.3 Å². The van der Waals surface area contributed by atoms with E-state index in [4.69, 9.17) is 14.6 Å². The fraction of sp³-hybridized carbons (Fsp3) is 0.250. The molecule has 5 nitrogen and oxygen atoms in total. The molecular weight excluding hydrogens is 281 g/mol. The summed E-state index contributed by atoms with van der Waals surface area (Å²) in [6.45, 7) is 0. The Labute approximate surface area is 111 Å². The van der Waals surface area contributed by atoms with Crippen molar-refractivity contribution in [3.63, 3.8) is 0 Å². The van der Waals surface area contributed by atoms with Gasteiger partial charge in [0.15, 0.2) is 5.76 Å². The lowest BCUT2D eigenvalue weighted by Crippen LogP contribution is -2.39. The lowest BCUT2D eigenvalue weighted by atomic mass is 10.1. The Morgan fingerprint density at radius 1 is 1.40 bits per heavy atom. The molecule has 1 N–H and O–H groups in total. The zero-order valence-corrected chi connectivity index (χ0v) is 10.1.